The Morgan fingerprint density at radius 3 is 2.33 bits per heavy atom. The molecule has 10 heteroatoms. The Balaban J connectivity index is 1.60. The summed E-state index contributed by atoms with van der Waals surface area (Å²) < 4.78 is 44.8. The van der Waals surface area contributed by atoms with Gasteiger partial charge in [-0.15, -0.1) is 0 Å². The van der Waals surface area contributed by atoms with Crippen molar-refractivity contribution in [1.82, 2.24) is 20.2 Å². The second-order valence-corrected chi connectivity index (χ2v) is 10.7. The quantitative estimate of drug-likeness (QED) is 0.171. The maximum Gasteiger partial charge on any atom is 0.254 e. The number of amides is 2. The van der Waals surface area contributed by atoms with Crippen LogP contribution in [0.5, 0.6) is 0 Å². The van der Waals surface area contributed by atoms with Crippen LogP contribution in [0.4, 0.5) is 13.2 Å². The van der Waals surface area contributed by atoms with Crippen molar-refractivity contribution in [2.45, 2.75) is 38.8 Å². The molecule has 5 aromatic rings. The molecule has 3 aromatic carbocycles. The molecule has 230 valence electrons. The molecule has 2 aromatic heterocycles. The monoisotopic (exact) mass is 612 g/mol. The lowest BCUT2D eigenvalue weighted by atomic mass is 9.94. The number of benzene rings is 3. The minimum atomic E-state index is -0.897. The largest absolute Gasteiger partial charge is 0.355 e. The van der Waals surface area contributed by atoms with Gasteiger partial charge < -0.3 is 15.2 Å². The first-order valence-electron chi connectivity index (χ1n) is 14.4. The van der Waals surface area contributed by atoms with E-state index in [0.29, 0.717) is 34.3 Å². The number of carbonyl (C=O) groups excluding carboxylic acids is 3. The molecule has 0 bridgehead atoms. The minimum absolute atomic E-state index is 0.0323. The number of aromatic nitrogens is 2. The van der Waals surface area contributed by atoms with Gasteiger partial charge >= 0.3 is 0 Å². The molecule has 0 saturated carbocycles. The van der Waals surface area contributed by atoms with E-state index >= 15 is 0 Å². The molecular formula is C35H31F3N4O3. The van der Waals surface area contributed by atoms with Crippen LogP contribution in [0, 0.1) is 17.5 Å². The number of rotatable bonds is 10. The van der Waals surface area contributed by atoms with Crippen LogP contribution in [-0.2, 0) is 11.2 Å². The lowest BCUT2D eigenvalue weighted by Gasteiger charge is -2.25. The average Bonchev–Trinajstić information content (AvgIpc) is 3.40. The number of nitrogens with one attached hydrogen (secondary N) is 2. The van der Waals surface area contributed by atoms with Gasteiger partial charge in [0.15, 0.2) is 5.78 Å². The summed E-state index contributed by atoms with van der Waals surface area (Å²) in [5.41, 5.74) is 2.59. The molecule has 2 amide bonds. The number of halogens is 3. The van der Waals surface area contributed by atoms with Crippen molar-refractivity contribution in [2.75, 3.05) is 7.05 Å². The van der Waals surface area contributed by atoms with Crippen molar-refractivity contribution < 1.29 is 27.6 Å². The van der Waals surface area contributed by atoms with E-state index in [0.717, 1.165) is 11.5 Å². The fourth-order valence-corrected chi connectivity index (χ4v) is 5.64. The number of pyridine rings is 1. The van der Waals surface area contributed by atoms with Gasteiger partial charge in [0.25, 0.3) is 5.91 Å². The zero-order chi connectivity index (χ0) is 32.2. The van der Waals surface area contributed by atoms with E-state index in [2.05, 4.69) is 15.6 Å². The number of fused-ring (bicyclic) bond motifs is 1. The summed E-state index contributed by atoms with van der Waals surface area (Å²) >= 11 is 0. The molecule has 45 heavy (non-hydrogen) atoms. The molecule has 0 saturated heterocycles. The summed E-state index contributed by atoms with van der Waals surface area (Å²) in [7, 11) is 1.39. The van der Waals surface area contributed by atoms with Gasteiger partial charge in [-0.1, -0.05) is 37.3 Å². The van der Waals surface area contributed by atoms with E-state index in [1.54, 1.807) is 22.9 Å². The van der Waals surface area contributed by atoms with Gasteiger partial charge in [0.2, 0.25) is 5.91 Å². The van der Waals surface area contributed by atoms with Crippen molar-refractivity contribution in [3.8, 4) is 11.1 Å². The summed E-state index contributed by atoms with van der Waals surface area (Å²) in [6.07, 6.45) is 3.52. The Hall–Kier alpha value is -5.25. The number of hydrogen-bond donors (Lipinski definition) is 2. The molecule has 0 fully saturated rings. The summed E-state index contributed by atoms with van der Waals surface area (Å²) in [5, 5.41) is 6.18. The van der Waals surface area contributed by atoms with Gasteiger partial charge in [-0.3, -0.25) is 19.4 Å². The molecule has 0 aliphatic carbocycles. The molecule has 0 radical (unpaired) electrons. The van der Waals surface area contributed by atoms with Crippen LogP contribution in [-0.4, -0.2) is 34.2 Å². The third-order valence-corrected chi connectivity index (χ3v) is 7.74. The van der Waals surface area contributed by atoms with E-state index in [1.165, 1.54) is 50.5 Å². The molecule has 0 aliphatic heterocycles. The molecule has 0 aliphatic rings. The number of carbonyl (C=O) groups is 3. The number of hydrogen-bond acceptors (Lipinski definition) is 4. The molecule has 0 unspecified atom stereocenters. The molecule has 7 nitrogen and oxygen atoms in total. The summed E-state index contributed by atoms with van der Waals surface area (Å²) in [5.74, 6) is -3.41. The topological polar surface area (TPSA) is 93.1 Å². The maximum atomic E-state index is 14.5. The highest BCUT2D eigenvalue weighted by Crippen LogP contribution is 2.32. The number of nitrogens with zero attached hydrogens (tertiary/aromatic N) is 2. The van der Waals surface area contributed by atoms with Crippen LogP contribution in [0.2, 0.25) is 0 Å². The minimum Gasteiger partial charge on any atom is -0.355 e. The number of ketones is 1. The number of Topliss-reactive ketones (excluding diaryl/α,β-unsaturated/α-hetero) is 1. The predicted molar refractivity (Wildman–Crippen MR) is 165 cm³/mol. The van der Waals surface area contributed by atoms with E-state index < -0.39 is 41.3 Å². The predicted octanol–water partition coefficient (Wildman–Crippen LogP) is 6.73. The second kappa shape index (κ2) is 13.2. The van der Waals surface area contributed by atoms with Crippen molar-refractivity contribution in [1.29, 1.82) is 0 Å². The Morgan fingerprint density at radius 1 is 0.911 bits per heavy atom. The molecular weight excluding hydrogens is 581 g/mol. The first-order chi connectivity index (χ1) is 21.6. The summed E-state index contributed by atoms with van der Waals surface area (Å²) in [6.45, 7) is 3.31. The molecule has 2 N–H and O–H groups in total. The van der Waals surface area contributed by atoms with Crippen molar-refractivity contribution >= 4 is 28.5 Å². The zero-order valence-corrected chi connectivity index (χ0v) is 24.9. The fourth-order valence-electron chi connectivity index (χ4n) is 5.64. The van der Waals surface area contributed by atoms with Crippen LogP contribution >= 0.6 is 0 Å². The highest BCUT2D eigenvalue weighted by atomic mass is 19.1. The molecule has 0 spiro atoms. The van der Waals surface area contributed by atoms with E-state index in [1.807, 2.05) is 31.2 Å². The van der Waals surface area contributed by atoms with Gasteiger partial charge in [-0.05, 0) is 67.3 Å². The van der Waals surface area contributed by atoms with E-state index in [-0.39, 0.29) is 23.3 Å². The standard InChI is InChI=1S/C35H31F3N4O3/c1-4-31(42-19-28(20(2)43)26-8-5-6-10-32(26)42)35(45)41-30(16-21-14-23(36)18-24(37)15-21)33-25(9-7-13-40-33)22-11-12-29(38)27(17-22)34(44)39-3/h5-15,17-19,30-31H,4,16H2,1-3H3,(H,39,44)(H,41,45)/t30-,31+/m0/s1. The third kappa shape index (κ3) is 6.50. The smallest absolute Gasteiger partial charge is 0.254 e. The Kier molecular flexibility index (Phi) is 9.13. The highest BCUT2D eigenvalue weighted by molar-refractivity contribution is 6.07. The molecule has 2 heterocycles. The zero-order valence-electron chi connectivity index (χ0n) is 24.9. The Labute approximate surface area is 258 Å². The lowest BCUT2D eigenvalue weighted by Crippen LogP contribution is -2.36. The fraction of sp³-hybridized carbons (Fsp3) is 0.200. The molecule has 2 atom stereocenters. The van der Waals surface area contributed by atoms with Crippen molar-refractivity contribution in [2.24, 2.45) is 0 Å². The summed E-state index contributed by atoms with van der Waals surface area (Å²) in [6, 6.07) is 16.2. The molecule has 5 rings (SSSR count). The van der Waals surface area contributed by atoms with E-state index in [4.69, 9.17) is 0 Å². The van der Waals surface area contributed by atoms with E-state index in [9.17, 15) is 27.6 Å². The van der Waals surface area contributed by atoms with Crippen LogP contribution in [0.1, 0.15) is 64.3 Å². The summed E-state index contributed by atoms with van der Waals surface area (Å²) in [4.78, 5) is 43.4. The Morgan fingerprint density at radius 2 is 1.64 bits per heavy atom. The SMILES string of the molecule is CC[C@H](C(=O)N[C@@H](Cc1cc(F)cc(F)c1)c1ncccc1-c1ccc(F)c(C(=O)NC)c1)n1cc(C(C)=O)c2ccccc21. The third-order valence-electron chi connectivity index (χ3n) is 7.74. The highest BCUT2D eigenvalue weighted by Gasteiger charge is 2.28. The average molecular weight is 613 g/mol. The van der Waals surface area contributed by atoms with Crippen molar-refractivity contribution in [3.63, 3.8) is 0 Å². The van der Waals surface area contributed by atoms with Gasteiger partial charge in [-0.2, -0.15) is 0 Å². The first-order valence-corrected chi connectivity index (χ1v) is 14.4. The van der Waals surface area contributed by atoms with Gasteiger partial charge in [0.05, 0.1) is 17.3 Å². The van der Waals surface area contributed by atoms with Gasteiger partial charge in [0, 0.05) is 47.5 Å². The van der Waals surface area contributed by atoms with Crippen LogP contribution in [0.25, 0.3) is 22.0 Å². The Bertz CT molecular complexity index is 1900. The maximum absolute atomic E-state index is 14.5. The van der Waals surface area contributed by atoms with Crippen LogP contribution < -0.4 is 10.6 Å². The second-order valence-electron chi connectivity index (χ2n) is 10.7. The van der Waals surface area contributed by atoms with Gasteiger partial charge in [0.1, 0.15) is 23.5 Å². The van der Waals surface area contributed by atoms with Crippen LogP contribution in [0.3, 0.4) is 0 Å². The van der Waals surface area contributed by atoms with Crippen LogP contribution in [0.15, 0.2) is 85.2 Å². The van der Waals surface area contributed by atoms with Crippen molar-refractivity contribution in [3.05, 3.63) is 125 Å². The normalized spacial score (nSPS) is 12.5. The first kappa shape index (κ1) is 31.2. The number of para-hydroxylation sites is 1. The van der Waals surface area contributed by atoms with Gasteiger partial charge in [-0.25, -0.2) is 13.2 Å². The lowest BCUT2D eigenvalue weighted by molar-refractivity contribution is -0.125.